The van der Waals surface area contributed by atoms with Crippen LogP contribution in [0.25, 0.3) is 0 Å². The van der Waals surface area contributed by atoms with Crippen molar-refractivity contribution in [2.45, 2.75) is 6.10 Å². The third-order valence-electron chi connectivity index (χ3n) is 1.95. The fraction of sp³-hybridized carbons (Fsp3) is 0.750. The maximum Gasteiger partial charge on any atom is 0.409 e. The van der Waals surface area contributed by atoms with Gasteiger partial charge in [0.05, 0.1) is 33.4 Å². The van der Waals surface area contributed by atoms with Gasteiger partial charge in [-0.15, -0.1) is 0 Å². The molecule has 6 nitrogen and oxygen atoms in total. The van der Waals surface area contributed by atoms with Gasteiger partial charge < -0.3 is 19.1 Å². The van der Waals surface area contributed by atoms with Crippen molar-refractivity contribution < 1.29 is 23.8 Å². The van der Waals surface area contributed by atoms with Crippen LogP contribution in [-0.4, -0.2) is 57.0 Å². The van der Waals surface area contributed by atoms with Crippen LogP contribution >= 0.6 is 0 Å². The van der Waals surface area contributed by atoms with Gasteiger partial charge in [-0.05, 0) is 0 Å². The van der Waals surface area contributed by atoms with Crippen molar-refractivity contribution in [1.82, 2.24) is 4.90 Å². The Morgan fingerprint density at radius 2 is 1.93 bits per heavy atom. The summed E-state index contributed by atoms with van der Waals surface area (Å²) in [4.78, 5) is 23.1. The summed E-state index contributed by atoms with van der Waals surface area (Å²) in [6, 6.07) is 0. The molecule has 0 aromatic carbocycles. The van der Waals surface area contributed by atoms with Crippen LogP contribution in [0.1, 0.15) is 0 Å². The van der Waals surface area contributed by atoms with E-state index in [2.05, 4.69) is 9.47 Å². The Bertz CT molecular complexity index is 221. The van der Waals surface area contributed by atoms with E-state index < -0.39 is 5.97 Å². The highest BCUT2D eigenvalue weighted by Crippen LogP contribution is 2.12. The molecule has 80 valence electrons. The minimum absolute atomic E-state index is 0.0732. The Balaban J connectivity index is 2.10. The third kappa shape index (κ3) is 2.59. The van der Waals surface area contributed by atoms with E-state index in [9.17, 15) is 9.59 Å². The van der Waals surface area contributed by atoms with Crippen molar-refractivity contribution in [3.8, 4) is 0 Å². The van der Waals surface area contributed by atoms with E-state index in [0.717, 1.165) is 0 Å². The third-order valence-corrected chi connectivity index (χ3v) is 1.95. The first-order chi connectivity index (χ1) is 6.67. The van der Waals surface area contributed by atoms with Gasteiger partial charge in [0.25, 0.3) is 0 Å². The number of amides is 1. The minimum atomic E-state index is -0.415. The van der Waals surface area contributed by atoms with Crippen molar-refractivity contribution in [2.75, 3.05) is 33.9 Å². The predicted octanol–water partition coefficient (Wildman–Crippen LogP) is -0.373. The quantitative estimate of drug-likeness (QED) is 0.585. The number of carbonyl (C=O) groups is 2. The van der Waals surface area contributed by atoms with Crippen molar-refractivity contribution in [3.05, 3.63) is 0 Å². The van der Waals surface area contributed by atoms with Gasteiger partial charge in [-0.3, -0.25) is 0 Å². The average Bonchev–Trinajstić information content (AvgIpc) is 2.14. The smallest absolute Gasteiger partial charge is 0.409 e. The van der Waals surface area contributed by atoms with Crippen LogP contribution in [-0.2, 0) is 19.0 Å². The molecule has 0 bridgehead atoms. The largest absolute Gasteiger partial charge is 0.467 e. The van der Waals surface area contributed by atoms with Gasteiger partial charge in [-0.25, -0.2) is 9.59 Å². The van der Waals surface area contributed by atoms with E-state index in [0.29, 0.717) is 13.1 Å². The summed E-state index contributed by atoms with van der Waals surface area (Å²) in [7, 11) is 2.62. The lowest BCUT2D eigenvalue weighted by Crippen LogP contribution is -2.55. The molecule has 0 spiro atoms. The summed E-state index contributed by atoms with van der Waals surface area (Å²) >= 11 is 0. The lowest BCUT2D eigenvalue weighted by molar-refractivity contribution is -0.151. The van der Waals surface area contributed by atoms with E-state index in [1.165, 1.54) is 19.1 Å². The van der Waals surface area contributed by atoms with E-state index in [-0.39, 0.29) is 18.8 Å². The van der Waals surface area contributed by atoms with Gasteiger partial charge >= 0.3 is 12.1 Å². The van der Waals surface area contributed by atoms with E-state index in [1.807, 2.05) is 0 Å². The molecule has 1 aliphatic heterocycles. The fourth-order valence-electron chi connectivity index (χ4n) is 1.07. The summed E-state index contributed by atoms with van der Waals surface area (Å²) in [5.74, 6) is -0.415. The molecule has 0 unspecified atom stereocenters. The van der Waals surface area contributed by atoms with Crippen molar-refractivity contribution in [1.29, 1.82) is 0 Å². The van der Waals surface area contributed by atoms with E-state index in [4.69, 9.17) is 4.74 Å². The van der Waals surface area contributed by atoms with Crippen LogP contribution in [0.5, 0.6) is 0 Å². The molecule has 1 heterocycles. The van der Waals surface area contributed by atoms with Gasteiger partial charge in [-0.1, -0.05) is 0 Å². The number of carbonyl (C=O) groups excluding carboxylic acids is 2. The molecule has 1 rings (SSSR count). The Morgan fingerprint density at radius 1 is 1.29 bits per heavy atom. The molecule has 6 heteroatoms. The molecular weight excluding hydrogens is 190 g/mol. The highest BCUT2D eigenvalue weighted by atomic mass is 16.6. The van der Waals surface area contributed by atoms with Crippen LogP contribution in [0.3, 0.4) is 0 Å². The molecule has 1 fully saturated rings. The Kier molecular flexibility index (Phi) is 3.70. The fourth-order valence-corrected chi connectivity index (χ4v) is 1.07. The lowest BCUT2D eigenvalue weighted by atomic mass is 10.2. The van der Waals surface area contributed by atoms with Gasteiger partial charge in [-0.2, -0.15) is 0 Å². The predicted molar refractivity (Wildman–Crippen MR) is 45.7 cm³/mol. The Hall–Kier alpha value is -1.30. The zero-order valence-electron chi connectivity index (χ0n) is 8.19. The number of esters is 1. The minimum Gasteiger partial charge on any atom is -0.467 e. The molecule has 0 aromatic rings. The second-order valence-corrected chi connectivity index (χ2v) is 2.88. The standard InChI is InChI=1S/C8H13NO5/c1-12-7(10)5-14-6-3-9(4-6)8(11)13-2/h6H,3-5H2,1-2H3. The molecular formula is C8H13NO5. The highest BCUT2D eigenvalue weighted by Gasteiger charge is 2.32. The second-order valence-electron chi connectivity index (χ2n) is 2.88. The van der Waals surface area contributed by atoms with E-state index >= 15 is 0 Å². The number of likely N-dealkylation sites (tertiary alicyclic amines) is 1. The summed E-state index contributed by atoms with van der Waals surface area (Å²) in [6.45, 7) is 0.851. The topological polar surface area (TPSA) is 65.1 Å². The molecule has 0 aliphatic carbocycles. The van der Waals surface area contributed by atoms with Crippen molar-refractivity contribution in [3.63, 3.8) is 0 Å². The molecule has 0 saturated carbocycles. The molecule has 1 aliphatic rings. The van der Waals surface area contributed by atoms with Gasteiger partial charge in [0.1, 0.15) is 6.61 Å². The molecule has 0 radical (unpaired) electrons. The SMILES string of the molecule is COC(=O)COC1CN(C(=O)OC)C1. The normalized spacial score (nSPS) is 16.0. The molecule has 0 N–H and O–H groups in total. The monoisotopic (exact) mass is 203 g/mol. The summed E-state index contributed by atoms with van der Waals surface area (Å²) in [5.41, 5.74) is 0. The number of ether oxygens (including phenoxy) is 3. The molecule has 0 atom stereocenters. The second kappa shape index (κ2) is 4.80. The Morgan fingerprint density at radius 3 is 2.43 bits per heavy atom. The molecule has 14 heavy (non-hydrogen) atoms. The first kappa shape index (κ1) is 10.8. The maximum atomic E-state index is 10.9. The number of methoxy groups -OCH3 is 2. The molecule has 1 amide bonds. The van der Waals surface area contributed by atoms with Crippen LogP contribution < -0.4 is 0 Å². The highest BCUT2D eigenvalue weighted by molar-refractivity contribution is 5.70. The number of rotatable bonds is 3. The zero-order valence-corrected chi connectivity index (χ0v) is 8.19. The summed E-state index contributed by atoms with van der Waals surface area (Å²) < 4.78 is 14.0. The first-order valence-corrected chi connectivity index (χ1v) is 4.18. The van der Waals surface area contributed by atoms with Crippen molar-refractivity contribution in [2.24, 2.45) is 0 Å². The molecule has 0 aromatic heterocycles. The van der Waals surface area contributed by atoms with Crippen LogP contribution in [0.2, 0.25) is 0 Å². The number of hydrogen-bond donors (Lipinski definition) is 0. The van der Waals surface area contributed by atoms with Gasteiger partial charge in [0, 0.05) is 0 Å². The van der Waals surface area contributed by atoms with Crippen LogP contribution in [0, 0.1) is 0 Å². The van der Waals surface area contributed by atoms with E-state index in [1.54, 1.807) is 0 Å². The zero-order chi connectivity index (χ0) is 10.6. The average molecular weight is 203 g/mol. The maximum absolute atomic E-state index is 10.9. The van der Waals surface area contributed by atoms with Gasteiger partial charge in [0.2, 0.25) is 0 Å². The first-order valence-electron chi connectivity index (χ1n) is 4.18. The number of nitrogens with zero attached hydrogens (tertiary/aromatic N) is 1. The lowest BCUT2D eigenvalue weighted by Gasteiger charge is -2.37. The van der Waals surface area contributed by atoms with Crippen molar-refractivity contribution >= 4 is 12.1 Å². The van der Waals surface area contributed by atoms with Crippen LogP contribution in [0.4, 0.5) is 4.79 Å². The molecule has 1 saturated heterocycles. The summed E-state index contributed by atoms with van der Waals surface area (Å²) in [6.07, 6.45) is -0.462. The number of hydrogen-bond acceptors (Lipinski definition) is 5. The summed E-state index contributed by atoms with van der Waals surface area (Å²) in [5, 5.41) is 0. The van der Waals surface area contributed by atoms with Gasteiger partial charge in [0.15, 0.2) is 0 Å². The Labute approximate surface area is 81.7 Å². The van der Waals surface area contributed by atoms with Crippen LogP contribution in [0.15, 0.2) is 0 Å².